The van der Waals surface area contributed by atoms with Gasteiger partial charge in [-0.05, 0) is 104 Å². The Balaban J connectivity index is 1.34. The fourth-order valence-corrected chi connectivity index (χ4v) is 8.56. The lowest BCUT2D eigenvalue weighted by atomic mass is 9.44. The highest BCUT2D eigenvalue weighted by Gasteiger charge is 2.60. The number of rotatable bonds is 3. The van der Waals surface area contributed by atoms with E-state index in [4.69, 9.17) is 0 Å². The first kappa shape index (κ1) is 20.5. The molecular formula is C28H38O2. The highest BCUT2D eigenvalue weighted by Crippen LogP contribution is 2.67. The monoisotopic (exact) mass is 406 g/mol. The number of ketones is 1. The summed E-state index contributed by atoms with van der Waals surface area (Å²) in [6.45, 7) is 4.99. The number of carbonyl (C=O) groups excluding carboxylic acids is 1. The standard InChI is InChI=1S/C28H38O2/c1-27-16-14-21(29)18-20(27)9-10-22-23-11-12-25(28(23,2)17-15-24(22)27)26(30)13-8-19-6-4-3-5-7-19/h3-8,13,20-25,29H,9-12,14-18H2,1-2H3/b13-8+/t20-,21+,22+,23+,24+,25-,27+,28+/m1/s1. The van der Waals surface area contributed by atoms with Crippen molar-refractivity contribution in [3.8, 4) is 0 Å². The number of fused-ring (bicyclic) bond motifs is 5. The van der Waals surface area contributed by atoms with E-state index in [-0.39, 0.29) is 17.4 Å². The van der Waals surface area contributed by atoms with Crippen molar-refractivity contribution in [1.82, 2.24) is 0 Å². The van der Waals surface area contributed by atoms with Crippen LogP contribution in [0.25, 0.3) is 6.08 Å². The number of allylic oxidation sites excluding steroid dienone is 1. The Labute approximate surface area is 182 Å². The van der Waals surface area contributed by atoms with Gasteiger partial charge in [-0.25, -0.2) is 0 Å². The summed E-state index contributed by atoms with van der Waals surface area (Å²) >= 11 is 0. The van der Waals surface area contributed by atoms with E-state index < -0.39 is 0 Å². The average molecular weight is 407 g/mol. The summed E-state index contributed by atoms with van der Waals surface area (Å²) in [5.74, 6) is 3.55. The van der Waals surface area contributed by atoms with Gasteiger partial charge in [0.25, 0.3) is 0 Å². The number of benzene rings is 1. The highest BCUT2D eigenvalue weighted by atomic mass is 16.3. The van der Waals surface area contributed by atoms with Gasteiger partial charge in [0.1, 0.15) is 0 Å². The fraction of sp³-hybridized carbons (Fsp3) is 0.679. The lowest BCUT2D eigenvalue weighted by Crippen LogP contribution is -2.54. The van der Waals surface area contributed by atoms with Crippen molar-refractivity contribution in [1.29, 1.82) is 0 Å². The zero-order valence-electron chi connectivity index (χ0n) is 18.7. The van der Waals surface area contributed by atoms with E-state index in [2.05, 4.69) is 26.0 Å². The van der Waals surface area contributed by atoms with Gasteiger partial charge < -0.3 is 5.11 Å². The molecule has 1 aromatic carbocycles. The number of hydrogen-bond donors (Lipinski definition) is 1. The van der Waals surface area contributed by atoms with Crippen LogP contribution in [0.3, 0.4) is 0 Å². The number of aliphatic hydroxyl groups is 1. The molecule has 4 aliphatic rings. The van der Waals surface area contributed by atoms with Crippen LogP contribution in [-0.2, 0) is 4.79 Å². The third-order valence-electron chi connectivity index (χ3n) is 10.2. The quantitative estimate of drug-likeness (QED) is 0.599. The number of hydrogen-bond acceptors (Lipinski definition) is 2. The average Bonchev–Trinajstić information content (AvgIpc) is 3.10. The Morgan fingerprint density at radius 2 is 1.67 bits per heavy atom. The smallest absolute Gasteiger partial charge is 0.159 e. The first-order chi connectivity index (χ1) is 14.4. The van der Waals surface area contributed by atoms with Gasteiger partial charge in [-0.3, -0.25) is 4.79 Å². The zero-order valence-corrected chi connectivity index (χ0v) is 18.7. The van der Waals surface area contributed by atoms with Crippen LogP contribution in [0.5, 0.6) is 0 Å². The van der Waals surface area contributed by atoms with Gasteiger partial charge >= 0.3 is 0 Å². The van der Waals surface area contributed by atoms with E-state index in [1.807, 2.05) is 30.4 Å². The molecule has 1 N–H and O–H groups in total. The molecule has 4 fully saturated rings. The second-order valence-electron chi connectivity index (χ2n) is 11.4. The molecule has 30 heavy (non-hydrogen) atoms. The summed E-state index contributed by atoms with van der Waals surface area (Å²) in [5, 5.41) is 10.2. The lowest BCUT2D eigenvalue weighted by Gasteiger charge is -2.60. The molecule has 162 valence electrons. The molecule has 2 heteroatoms. The molecular weight excluding hydrogens is 368 g/mol. The first-order valence-electron chi connectivity index (χ1n) is 12.4. The normalized spacial score (nSPS) is 45.6. The minimum atomic E-state index is -0.0710. The van der Waals surface area contributed by atoms with Crippen LogP contribution in [0, 0.1) is 40.4 Å². The van der Waals surface area contributed by atoms with E-state index in [0.29, 0.717) is 23.0 Å². The topological polar surface area (TPSA) is 37.3 Å². The van der Waals surface area contributed by atoms with Gasteiger partial charge in [0.2, 0.25) is 0 Å². The second-order valence-corrected chi connectivity index (χ2v) is 11.4. The molecule has 0 aromatic heterocycles. The van der Waals surface area contributed by atoms with E-state index in [0.717, 1.165) is 36.7 Å². The SMILES string of the molecule is C[C@]12CC[C@H](O)C[C@H]1CC[C@@H]1[C@@H]2CC[C@]2(C)[C@@H](C(=O)/C=C/c3ccccc3)CC[C@@H]12. The largest absolute Gasteiger partial charge is 0.393 e. The molecule has 1 aromatic rings. The van der Waals surface area contributed by atoms with Crippen molar-refractivity contribution in [2.75, 3.05) is 0 Å². The van der Waals surface area contributed by atoms with Crippen molar-refractivity contribution in [2.45, 2.75) is 77.7 Å². The molecule has 0 radical (unpaired) electrons. The highest BCUT2D eigenvalue weighted by molar-refractivity contribution is 5.96. The predicted octanol–water partition coefficient (Wildman–Crippen LogP) is 6.29. The summed E-state index contributed by atoms with van der Waals surface area (Å²) in [7, 11) is 0. The van der Waals surface area contributed by atoms with E-state index >= 15 is 0 Å². The predicted molar refractivity (Wildman–Crippen MR) is 122 cm³/mol. The molecule has 5 rings (SSSR count). The second kappa shape index (κ2) is 7.62. The van der Waals surface area contributed by atoms with E-state index in [9.17, 15) is 9.90 Å². The van der Waals surface area contributed by atoms with Gasteiger partial charge in [0, 0.05) is 5.92 Å². The van der Waals surface area contributed by atoms with Crippen LogP contribution < -0.4 is 0 Å². The van der Waals surface area contributed by atoms with Gasteiger partial charge in [0.05, 0.1) is 6.10 Å². The van der Waals surface area contributed by atoms with Gasteiger partial charge in [-0.1, -0.05) is 50.3 Å². The molecule has 0 bridgehead atoms. The van der Waals surface area contributed by atoms with Gasteiger partial charge in [0.15, 0.2) is 5.78 Å². The van der Waals surface area contributed by atoms with Crippen molar-refractivity contribution < 1.29 is 9.90 Å². The minimum absolute atomic E-state index is 0.0710. The van der Waals surface area contributed by atoms with Crippen molar-refractivity contribution in [3.63, 3.8) is 0 Å². The Morgan fingerprint density at radius 3 is 2.47 bits per heavy atom. The third kappa shape index (κ3) is 3.22. The maximum Gasteiger partial charge on any atom is 0.159 e. The van der Waals surface area contributed by atoms with Crippen LogP contribution in [0.15, 0.2) is 36.4 Å². The van der Waals surface area contributed by atoms with Gasteiger partial charge in [-0.15, -0.1) is 0 Å². The minimum Gasteiger partial charge on any atom is -0.393 e. The van der Waals surface area contributed by atoms with E-state index in [1.165, 1.54) is 38.5 Å². The molecule has 0 amide bonds. The lowest BCUT2D eigenvalue weighted by molar-refractivity contribution is -0.136. The number of aliphatic hydroxyl groups excluding tert-OH is 1. The van der Waals surface area contributed by atoms with Crippen molar-refractivity contribution in [3.05, 3.63) is 42.0 Å². The summed E-state index contributed by atoms with van der Waals surface area (Å²) in [6.07, 6.45) is 14.4. The zero-order chi connectivity index (χ0) is 20.9. The summed E-state index contributed by atoms with van der Waals surface area (Å²) in [4.78, 5) is 13.3. The molecule has 0 spiro atoms. The Bertz CT molecular complexity index is 813. The van der Waals surface area contributed by atoms with Crippen LogP contribution in [0.2, 0.25) is 0 Å². The maximum absolute atomic E-state index is 13.3. The molecule has 8 atom stereocenters. The van der Waals surface area contributed by atoms with Crippen LogP contribution >= 0.6 is 0 Å². The summed E-state index contributed by atoms with van der Waals surface area (Å²) < 4.78 is 0. The van der Waals surface area contributed by atoms with Gasteiger partial charge in [-0.2, -0.15) is 0 Å². The Hall–Kier alpha value is -1.41. The van der Waals surface area contributed by atoms with Crippen molar-refractivity contribution >= 4 is 11.9 Å². The molecule has 0 unspecified atom stereocenters. The van der Waals surface area contributed by atoms with Crippen LogP contribution in [0.4, 0.5) is 0 Å². The van der Waals surface area contributed by atoms with Crippen LogP contribution in [-0.4, -0.2) is 17.0 Å². The van der Waals surface area contributed by atoms with E-state index in [1.54, 1.807) is 0 Å². The Morgan fingerprint density at radius 1 is 0.933 bits per heavy atom. The molecule has 4 saturated carbocycles. The molecule has 0 heterocycles. The summed E-state index contributed by atoms with van der Waals surface area (Å²) in [5.41, 5.74) is 1.70. The Kier molecular flexibility index (Phi) is 5.21. The summed E-state index contributed by atoms with van der Waals surface area (Å²) in [6, 6.07) is 10.2. The number of carbonyl (C=O) groups is 1. The maximum atomic E-state index is 13.3. The molecule has 4 aliphatic carbocycles. The molecule has 0 aliphatic heterocycles. The van der Waals surface area contributed by atoms with Crippen molar-refractivity contribution in [2.24, 2.45) is 40.4 Å². The first-order valence-corrected chi connectivity index (χ1v) is 12.4. The molecule has 2 nitrogen and oxygen atoms in total. The van der Waals surface area contributed by atoms with Crippen LogP contribution in [0.1, 0.15) is 77.2 Å². The molecule has 0 saturated heterocycles. The third-order valence-corrected chi connectivity index (χ3v) is 10.2. The fourth-order valence-electron chi connectivity index (χ4n) is 8.56.